The number of furan rings is 1. The lowest BCUT2D eigenvalue weighted by molar-refractivity contribution is 0.0458. The highest BCUT2D eigenvalue weighted by Crippen LogP contribution is 2.35. The Kier molecular flexibility index (Phi) is 4.71. The normalized spacial score (nSPS) is 22.5. The van der Waals surface area contributed by atoms with E-state index in [-0.39, 0.29) is 11.9 Å². The van der Waals surface area contributed by atoms with Gasteiger partial charge in [0.25, 0.3) is 5.91 Å². The zero-order valence-corrected chi connectivity index (χ0v) is 17.8. The van der Waals surface area contributed by atoms with Gasteiger partial charge in [-0.05, 0) is 49.8 Å². The van der Waals surface area contributed by atoms with E-state index in [9.17, 15) is 4.79 Å². The Bertz CT molecular complexity index is 1070. The summed E-state index contributed by atoms with van der Waals surface area (Å²) < 4.78 is 7.39. The lowest BCUT2D eigenvalue weighted by Crippen LogP contribution is -2.51. The van der Waals surface area contributed by atoms with Crippen molar-refractivity contribution < 1.29 is 9.21 Å². The van der Waals surface area contributed by atoms with Gasteiger partial charge in [-0.3, -0.25) is 14.1 Å². The summed E-state index contributed by atoms with van der Waals surface area (Å²) in [6.07, 6.45) is 10.5. The molecule has 3 aromatic rings. The van der Waals surface area contributed by atoms with E-state index in [1.807, 2.05) is 4.90 Å². The summed E-state index contributed by atoms with van der Waals surface area (Å²) in [5, 5.41) is 0. The van der Waals surface area contributed by atoms with Gasteiger partial charge >= 0.3 is 0 Å². The minimum absolute atomic E-state index is 0.0475. The molecule has 31 heavy (non-hydrogen) atoms. The van der Waals surface area contributed by atoms with Crippen LogP contribution in [0.15, 0.2) is 47.4 Å². The van der Waals surface area contributed by atoms with Crippen LogP contribution in [0.3, 0.4) is 0 Å². The van der Waals surface area contributed by atoms with Crippen molar-refractivity contribution in [2.75, 3.05) is 44.2 Å². The zero-order chi connectivity index (χ0) is 20.8. The van der Waals surface area contributed by atoms with Crippen LogP contribution in [0.25, 0.3) is 5.65 Å². The fourth-order valence-corrected chi connectivity index (χ4v) is 5.08. The summed E-state index contributed by atoms with van der Waals surface area (Å²) in [6.45, 7) is 5.62. The van der Waals surface area contributed by atoms with Crippen LogP contribution in [-0.4, -0.2) is 64.4 Å². The largest absolute Gasteiger partial charge is 0.472 e. The second-order valence-corrected chi connectivity index (χ2v) is 9.19. The maximum atomic E-state index is 13.0. The van der Waals surface area contributed by atoms with Crippen molar-refractivity contribution in [3.63, 3.8) is 0 Å². The number of imidazole rings is 1. The molecule has 0 radical (unpaired) electrons. The SMILES string of the molecule is O=C(c1ccoc1)N1CCN(CC2CC2)[C@@H](c2cn3c(N4CCCC4)cccc3n2)C1. The third-order valence-electron chi connectivity index (χ3n) is 7.00. The van der Waals surface area contributed by atoms with Crippen molar-refractivity contribution >= 4 is 17.4 Å². The van der Waals surface area contributed by atoms with E-state index in [1.54, 1.807) is 18.6 Å². The Morgan fingerprint density at radius 3 is 2.74 bits per heavy atom. The average molecular weight is 420 g/mol. The van der Waals surface area contributed by atoms with E-state index < -0.39 is 0 Å². The lowest BCUT2D eigenvalue weighted by atomic mass is 10.1. The van der Waals surface area contributed by atoms with E-state index in [2.05, 4.69) is 38.6 Å². The molecule has 1 amide bonds. The Labute approximate surface area is 182 Å². The van der Waals surface area contributed by atoms with Crippen molar-refractivity contribution in [2.24, 2.45) is 5.92 Å². The quantitative estimate of drug-likeness (QED) is 0.634. The summed E-state index contributed by atoms with van der Waals surface area (Å²) in [4.78, 5) is 25.0. The van der Waals surface area contributed by atoms with Crippen LogP contribution in [0.4, 0.5) is 5.82 Å². The first-order valence-electron chi connectivity index (χ1n) is 11.5. The number of rotatable bonds is 5. The molecule has 7 heteroatoms. The number of hydrogen-bond acceptors (Lipinski definition) is 5. The van der Waals surface area contributed by atoms with Gasteiger partial charge in [-0.1, -0.05) is 6.07 Å². The van der Waals surface area contributed by atoms with Gasteiger partial charge in [0, 0.05) is 45.5 Å². The first-order valence-corrected chi connectivity index (χ1v) is 11.5. The van der Waals surface area contributed by atoms with Crippen LogP contribution in [0.1, 0.15) is 47.8 Å². The molecule has 3 fully saturated rings. The van der Waals surface area contributed by atoms with E-state index in [0.29, 0.717) is 12.1 Å². The fourth-order valence-electron chi connectivity index (χ4n) is 5.08. The van der Waals surface area contributed by atoms with Crippen LogP contribution in [0.2, 0.25) is 0 Å². The summed E-state index contributed by atoms with van der Waals surface area (Å²) in [5.41, 5.74) is 2.68. The van der Waals surface area contributed by atoms with Crippen molar-refractivity contribution in [2.45, 2.75) is 31.7 Å². The predicted molar refractivity (Wildman–Crippen MR) is 118 cm³/mol. The smallest absolute Gasteiger partial charge is 0.257 e. The highest BCUT2D eigenvalue weighted by molar-refractivity contribution is 5.93. The van der Waals surface area contributed by atoms with Crippen LogP contribution in [-0.2, 0) is 0 Å². The Morgan fingerprint density at radius 2 is 1.97 bits per heavy atom. The topological polar surface area (TPSA) is 57.2 Å². The standard InChI is InChI=1S/C24H29N5O2/c30-24(19-8-13-31-17-19)28-12-11-27(14-18-6-7-18)21(16-28)20-15-29-22(25-20)4-3-5-23(29)26-9-1-2-10-26/h3-5,8,13,15,17-18,21H,1-2,6-7,9-12,14,16H2/t21-/m1/s1. The second-order valence-electron chi connectivity index (χ2n) is 9.19. The maximum Gasteiger partial charge on any atom is 0.257 e. The molecule has 2 aliphatic heterocycles. The van der Waals surface area contributed by atoms with Crippen molar-refractivity contribution in [3.8, 4) is 0 Å². The highest BCUT2D eigenvalue weighted by atomic mass is 16.3. The Balaban J connectivity index is 1.32. The minimum atomic E-state index is 0.0475. The number of aromatic nitrogens is 2. The molecule has 1 saturated carbocycles. The Morgan fingerprint density at radius 1 is 1.10 bits per heavy atom. The third-order valence-corrected chi connectivity index (χ3v) is 7.00. The van der Waals surface area contributed by atoms with Crippen LogP contribution in [0, 0.1) is 5.92 Å². The van der Waals surface area contributed by atoms with E-state index in [0.717, 1.165) is 50.0 Å². The monoisotopic (exact) mass is 419 g/mol. The first kappa shape index (κ1) is 18.9. The molecule has 0 N–H and O–H groups in total. The van der Waals surface area contributed by atoms with Crippen LogP contribution in [0.5, 0.6) is 0 Å². The summed E-state index contributed by atoms with van der Waals surface area (Å²) >= 11 is 0. The minimum Gasteiger partial charge on any atom is -0.472 e. The molecular weight excluding hydrogens is 390 g/mol. The van der Waals surface area contributed by atoms with Crippen LogP contribution < -0.4 is 4.90 Å². The van der Waals surface area contributed by atoms with Gasteiger partial charge in [-0.2, -0.15) is 0 Å². The average Bonchev–Trinajstić information content (AvgIpc) is 3.26. The number of pyridine rings is 1. The van der Waals surface area contributed by atoms with Gasteiger partial charge in [0.2, 0.25) is 0 Å². The van der Waals surface area contributed by atoms with Gasteiger partial charge in [-0.25, -0.2) is 4.98 Å². The number of carbonyl (C=O) groups is 1. The molecule has 1 aliphatic carbocycles. The molecular formula is C24H29N5O2. The number of amides is 1. The fraction of sp³-hybridized carbons (Fsp3) is 0.500. The molecule has 0 spiro atoms. The van der Waals surface area contributed by atoms with Crippen molar-refractivity contribution in [1.29, 1.82) is 0 Å². The van der Waals surface area contributed by atoms with E-state index >= 15 is 0 Å². The van der Waals surface area contributed by atoms with E-state index in [1.165, 1.54) is 31.5 Å². The highest BCUT2D eigenvalue weighted by Gasteiger charge is 2.36. The number of piperazine rings is 1. The van der Waals surface area contributed by atoms with Gasteiger partial charge in [0.1, 0.15) is 17.7 Å². The molecule has 162 valence electrons. The molecule has 1 atom stereocenters. The molecule has 3 aliphatic rings. The lowest BCUT2D eigenvalue weighted by Gasteiger charge is -2.40. The second kappa shape index (κ2) is 7.71. The molecule has 0 unspecified atom stereocenters. The summed E-state index contributed by atoms with van der Waals surface area (Å²) in [7, 11) is 0. The summed E-state index contributed by atoms with van der Waals surface area (Å²) in [6, 6.07) is 8.27. The third kappa shape index (κ3) is 3.61. The van der Waals surface area contributed by atoms with Crippen LogP contribution >= 0.6 is 0 Å². The van der Waals surface area contributed by atoms with Gasteiger partial charge in [0.05, 0.1) is 23.6 Å². The molecule has 0 aromatic carbocycles. The molecule has 3 aromatic heterocycles. The van der Waals surface area contributed by atoms with Crippen molar-refractivity contribution in [1.82, 2.24) is 19.2 Å². The zero-order valence-electron chi connectivity index (χ0n) is 17.8. The number of nitrogens with zero attached hydrogens (tertiary/aromatic N) is 5. The van der Waals surface area contributed by atoms with Crippen molar-refractivity contribution in [3.05, 3.63) is 54.2 Å². The van der Waals surface area contributed by atoms with E-state index in [4.69, 9.17) is 9.40 Å². The predicted octanol–water partition coefficient (Wildman–Crippen LogP) is 3.44. The molecule has 7 nitrogen and oxygen atoms in total. The number of anilines is 1. The van der Waals surface area contributed by atoms with Gasteiger partial charge in [-0.15, -0.1) is 0 Å². The maximum absolute atomic E-state index is 13.0. The molecule has 2 saturated heterocycles. The number of fused-ring (bicyclic) bond motifs is 1. The molecule has 5 heterocycles. The molecule has 6 rings (SSSR count). The van der Waals surface area contributed by atoms with Gasteiger partial charge < -0.3 is 14.2 Å². The first-order chi connectivity index (χ1) is 15.3. The van der Waals surface area contributed by atoms with Gasteiger partial charge in [0.15, 0.2) is 0 Å². The number of carbonyl (C=O) groups excluding carboxylic acids is 1. The number of hydrogen-bond donors (Lipinski definition) is 0. The molecule has 0 bridgehead atoms. The summed E-state index contributed by atoms with van der Waals surface area (Å²) in [5.74, 6) is 2.08. The Hall–Kier alpha value is -2.80.